The second-order valence-corrected chi connectivity index (χ2v) is 6.70. The second kappa shape index (κ2) is 4.06. The first-order valence-corrected chi connectivity index (χ1v) is 6.69. The van der Waals surface area contributed by atoms with Gasteiger partial charge >= 0.3 is 0 Å². The fraction of sp³-hybridized carbons (Fsp3) is 0.929. The summed E-state index contributed by atoms with van der Waals surface area (Å²) in [5, 5.41) is 20.5. The molecule has 0 saturated heterocycles. The molecular weight excluding hydrogens is 216 g/mol. The highest BCUT2D eigenvalue weighted by Crippen LogP contribution is 2.48. The minimum atomic E-state index is -0.756. The van der Waals surface area contributed by atoms with Gasteiger partial charge in [-0.1, -0.05) is 0 Å². The predicted molar refractivity (Wildman–Crippen MR) is 65.5 cm³/mol. The zero-order valence-corrected chi connectivity index (χ0v) is 11.1. The molecule has 0 radical (unpaired) electrons. The maximum absolute atomic E-state index is 12.1. The Bertz CT molecular complexity index is 314. The van der Waals surface area contributed by atoms with Crippen LogP contribution in [0.5, 0.6) is 0 Å². The van der Waals surface area contributed by atoms with Crippen LogP contribution in [0.25, 0.3) is 0 Å². The zero-order chi connectivity index (χ0) is 12.8. The quantitative estimate of drug-likeness (QED) is 0.736. The van der Waals surface area contributed by atoms with Gasteiger partial charge in [-0.05, 0) is 58.3 Å². The van der Waals surface area contributed by atoms with Gasteiger partial charge in [0.2, 0.25) is 0 Å². The normalized spacial score (nSPS) is 43.4. The molecule has 2 rings (SSSR count). The van der Waals surface area contributed by atoms with Crippen molar-refractivity contribution in [1.29, 1.82) is 0 Å². The Morgan fingerprint density at radius 3 is 2.59 bits per heavy atom. The van der Waals surface area contributed by atoms with Crippen molar-refractivity contribution in [2.24, 2.45) is 17.8 Å². The lowest BCUT2D eigenvalue weighted by Gasteiger charge is -2.34. The fourth-order valence-electron chi connectivity index (χ4n) is 3.64. The van der Waals surface area contributed by atoms with Crippen molar-refractivity contribution in [1.82, 2.24) is 0 Å². The summed E-state index contributed by atoms with van der Waals surface area (Å²) in [7, 11) is 0. The Balaban J connectivity index is 2.24. The van der Waals surface area contributed by atoms with Gasteiger partial charge < -0.3 is 10.2 Å². The van der Waals surface area contributed by atoms with E-state index >= 15 is 0 Å². The van der Waals surface area contributed by atoms with Crippen LogP contribution in [0.4, 0.5) is 0 Å². The van der Waals surface area contributed by atoms with Crippen molar-refractivity contribution >= 4 is 5.78 Å². The molecule has 98 valence electrons. The van der Waals surface area contributed by atoms with Crippen LogP contribution in [0.2, 0.25) is 0 Å². The molecule has 2 fully saturated rings. The summed E-state index contributed by atoms with van der Waals surface area (Å²) in [6.45, 7) is 5.47. The van der Waals surface area contributed by atoms with Gasteiger partial charge in [-0.25, -0.2) is 0 Å². The lowest BCUT2D eigenvalue weighted by Crippen LogP contribution is -2.38. The molecule has 3 heteroatoms. The molecule has 2 N–H and O–H groups in total. The number of carbonyl (C=O) groups excluding carboxylic acids is 1. The molecule has 2 aliphatic rings. The van der Waals surface area contributed by atoms with E-state index < -0.39 is 11.2 Å². The molecule has 0 aromatic rings. The number of aliphatic hydroxyl groups is 2. The molecule has 4 atom stereocenters. The first-order valence-electron chi connectivity index (χ1n) is 6.69. The highest BCUT2D eigenvalue weighted by molar-refractivity contribution is 5.82. The highest BCUT2D eigenvalue weighted by atomic mass is 16.3. The van der Waals surface area contributed by atoms with E-state index in [1.165, 1.54) is 0 Å². The number of rotatable bonds is 1. The van der Waals surface area contributed by atoms with Crippen LogP contribution in [0.15, 0.2) is 0 Å². The van der Waals surface area contributed by atoms with Crippen LogP contribution in [0.3, 0.4) is 0 Å². The zero-order valence-electron chi connectivity index (χ0n) is 11.1. The molecular formula is C14H24O3. The van der Waals surface area contributed by atoms with Gasteiger partial charge in [0.1, 0.15) is 5.78 Å². The first-order chi connectivity index (χ1) is 7.72. The molecule has 0 bridgehead atoms. The lowest BCUT2D eigenvalue weighted by molar-refractivity contribution is -0.124. The van der Waals surface area contributed by atoms with E-state index in [9.17, 15) is 15.0 Å². The molecule has 0 aliphatic heterocycles. The molecule has 2 aliphatic carbocycles. The second-order valence-electron chi connectivity index (χ2n) is 6.70. The highest BCUT2D eigenvalue weighted by Gasteiger charge is 2.50. The van der Waals surface area contributed by atoms with Gasteiger partial charge in [0.15, 0.2) is 0 Å². The van der Waals surface area contributed by atoms with E-state index in [1.807, 2.05) is 20.8 Å². The lowest BCUT2D eigenvalue weighted by atomic mass is 9.76. The minimum absolute atomic E-state index is 0.0253. The van der Waals surface area contributed by atoms with Crippen LogP contribution >= 0.6 is 0 Å². The van der Waals surface area contributed by atoms with Gasteiger partial charge in [-0.15, -0.1) is 0 Å². The molecule has 0 heterocycles. The first kappa shape index (κ1) is 13.0. The molecule has 2 saturated carbocycles. The van der Waals surface area contributed by atoms with Crippen molar-refractivity contribution in [3.63, 3.8) is 0 Å². The summed E-state index contributed by atoms with van der Waals surface area (Å²) in [5.41, 5.74) is -1.48. The summed E-state index contributed by atoms with van der Waals surface area (Å²) in [6.07, 6.45) is 3.62. The van der Waals surface area contributed by atoms with E-state index in [2.05, 4.69) is 0 Å². The Morgan fingerprint density at radius 1 is 1.35 bits per heavy atom. The SMILES string of the molecule is CC(C)(O)C1CCC(=O)C2CCC(C)(O)C2C1. The van der Waals surface area contributed by atoms with Crippen LogP contribution < -0.4 is 0 Å². The van der Waals surface area contributed by atoms with E-state index in [0.29, 0.717) is 18.6 Å². The van der Waals surface area contributed by atoms with Crippen molar-refractivity contribution < 1.29 is 15.0 Å². The number of hydrogen-bond donors (Lipinski definition) is 2. The molecule has 4 unspecified atom stereocenters. The van der Waals surface area contributed by atoms with E-state index in [1.54, 1.807) is 0 Å². The molecule has 3 nitrogen and oxygen atoms in total. The summed E-state index contributed by atoms with van der Waals surface area (Å²) in [6, 6.07) is 0. The third-order valence-corrected chi connectivity index (χ3v) is 4.94. The van der Waals surface area contributed by atoms with Crippen LogP contribution in [-0.4, -0.2) is 27.2 Å². The van der Waals surface area contributed by atoms with Crippen molar-refractivity contribution in [3.05, 3.63) is 0 Å². The Morgan fingerprint density at radius 2 is 2.00 bits per heavy atom. The average molecular weight is 240 g/mol. The monoisotopic (exact) mass is 240 g/mol. The standard InChI is InChI=1S/C14H24O3/c1-13(2,16)9-4-5-12(15)10-6-7-14(3,17)11(10)8-9/h9-11,16-17H,4-8H2,1-3H3. The van der Waals surface area contributed by atoms with E-state index in [0.717, 1.165) is 19.3 Å². The third kappa shape index (κ3) is 2.41. The van der Waals surface area contributed by atoms with Gasteiger partial charge in [0.25, 0.3) is 0 Å². The van der Waals surface area contributed by atoms with Crippen LogP contribution in [-0.2, 0) is 4.79 Å². The predicted octanol–water partition coefficient (Wildman–Crippen LogP) is 1.90. The smallest absolute Gasteiger partial charge is 0.136 e. The Kier molecular flexibility index (Phi) is 3.11. The van der Waals surface area contributed by atoms with E-state index in [-0.39, 0.29) is 17.8 Å². The number of Topliss-reactive ketones (excluding diaryl/α,β-unsaturated/α-hetero) is 1. The number of hydrogen-bond acceptors (Lipinski definition) is 3. The van der Waals surface area contributed by atoms with Gasteiger partial charge in [-0.2, -0.15) is 0 Å². The Hall–Kier alpha value is -0.410. The van der Waals surface area contributed by atoms with Crippen LogP contribution in [0, 0.1) is 17.8 Å². The Labute approximate surface area is 103 Å². The maximum Gasteiger partial charge on any atom is 0.136 e. The minimum Gasteiger partial charge on any atom is -0.390 e. The molecule has 0 aromatic carbocycles. The summed E-state index contributed by atoms with van der Waals surface area (Å²) in [5.74, 6) is 0.469. The van der Waals surface area contributed by atoms with Crippen LogP contribution in [0.1, 0.15) is 52.9 Å². The molecule has 0 aromatic heterocycles. The van der Waals surface area contributed by atoms with Crippen molar-refractivity contribution in [3.8, 4) is 0 Å². The van der Waals surface area contributed by atoms with Gasteiger partial charge in [-0.3, -0.25) is 4.79 Å². The topological polar surface area (TPSA) is 57.5 Å². The summed E-state index contributed by atoms with van der Waals surface area (Å²) >= 11 is 0. The molecule has 0 amide bonds. The van der Waals surface area contributed by atoms with Gasteiger partial charge in [0, 0.05) is 12.3 Å². The summed E-state index contributed by atoms with van der Waals surface area (Å²) < 4.78 is 0. The largest absolute Gasteiger partial charge is 0.390 e. The summed E-state index contributed by atoms with van der Waals surface area (Å²) in [4.78, 5) is 12.1. The molecule has 0 spiro atoms. The van der Waals surface area contributed by atoms with Crippen molar-refractivity contribution in [2.45, 2.75) is 64.1 Å². The number of fused-ring (bicyclic) bond motifs is 1. The van der Waals surface area contributed by atoms with Gasteiger partial charge in [0.05, 0.1) is 11.2 Å². The van der Waals surface area contributed by atoms with Crippen molar-refractivity contribution in [2.75, 3.05) is 0 Å². The number of ketones is 1. The van der Waals surface area contributed by atoms with E-state index in [4.69, 9.17) is 0 Å². The fourth-order valence-corrected chi connectivity index (χ4v) is 3.64. The number of carbonyl (C=O) groups is 1. The third-order valence-electron chi connectivity index (χ3n) is 4.94. The maximum atomic E-state index is 12.1. The average Bonchev–Trinajstić information content (AvgIpc) is 2.37. The molecule has 17 heavy (non-hydrogen) atoms.